The molecule has 6 heteroatoms. The number of aromatic nitrogens is 2. The maximum absolute atomic E-state index is 5.93. The Morgan fingerprint density at radius 2 is 2.32 bits per heavy atom. The molecule has 1 fully saturated rings. The van der Waals surface area contributed by atoms with E-state index < -0.39 is 0 Å². The van der Waals surface area contributed by atoms with Crippen LogP contribution in [0, 0.1) is 0 Å². The summed E-state index contributed by atoms with van der Waals surface area (Å²) in [5.41, 5.74) is 14.0. The molecule has 0 amide bonds. The van der Waals surface area contributed by atoms with Crippen LogP contribution in [0.4, 0.5) is 11.8 Å². The van der Waals surface area contributed by atoms with Crippen molar-refractivity contribution in [2.24, 2.45) is 5.73 Å². The Morgan fingerprint density at radius 3 is 3.00 bits per heavy atom. The maximum atomic E-state index is 5.93. The molecule has 0 aliphatic carbocycles. The number of rotatable bonds is 3. The van der Waals surface area contributed by atoms with Crippen molar-refractivity contribution in [2.75, 3.05) is 23.7 Å². The van der Waals surface area contributed by atoms with Crippen LogP contribution in [-0.2, 0) is 6.42 Å². The van der Waals surface area contributed by atoms with Gasteiger partial charge in [-0.15, -0.1) is 0 Å². The Labute approximate surface area is 116 Å². The van der Waals surface area contributed by atoms with E-state index in [2.05, 4.69) is 31.7 Å². The van der Waals surface area contributed by atoms with E-state index in [0.717, 1.165) is 37.4 Å². The van der Waals surface area contributed by atoms with Crippen LogP contribution in [0.25, 0.3) is 0 Å². The molecule has 5 nitrogen and oxygen atoms in total. The smallest absolute Gasteiger partial charge is 0.222 e. The predicted molar refractivity (Wildman–Crippen MR) is 78.4 cm³/mol. The second-order valence-electron chi connectivity index (χ2n) is 4.88. The van der Waals surface area contributed by atoms with Crippen LogP contribution >= 0.6 is 11.3 Å². The molecule has 3 rings (SSSR count). The lowest BCUT2D eigenvalue weighted by Gasteiger charge is -2.17. The van der Waals surface area contributed by atoms with Gasteiger partial charge in [0.25, 0.3) is 0 Å². The molecule has 0 aromatic carbocycles. The van der Waals surface area contributed by atoms with E-state index >= 15 is 0 Å². The molecule has 0 saturated carbocycles. The van der Waals surface area contributed by atoms with Crippen molar-refractivity contribution in [3.63, 3.8) is 0 Å². The number of thiophene rings is 1. The third-order valence-corrected chi connectivity index (χ3v) is 4.03. The van der Waals surface area contributed by atoms with Crippen molar-refractivity contribution in [3.05, 3.63) is 34.2 Å². The fourth-order valence-corrected chi connectivity index (χ4v) is 3.02. The molecular weight excluding hydrogens is 258 g/mol. The molecule has 1 saturated heterocycles. The van der Waals surface area contributed by atoms with E-state index in [9.17, 15) is 0 Å². The molecule has 1 aliphatic heterocycles. The van der Waals surface area contributed by atoms with Gasteiger partial charge in [-0.2, -0.15) is 16.3 Å². The zero-order valence-corrected chi connectivity index (χ0v) is 11.4. The highest BCUT2D eigenvalue weighted by Crippen LogP contribution is 2.20. The molecule has 1 atom stereocenters. The van der Waals surface area contributed by atoms with Crippen LogP contribution in [0.1, 0.15) is 17.7 Å². The zero-order chi connectivity index (χ0) is 13.2. The Hall–Kier alpha value is -1.66. The van der Waals surface area contributed by atoms with E-state index in [1.165, 1.54) is 5.56 Å². The van der Waals surface area contributed by atoms with Crippen LogP contribution in [-0.4, -0.2) is 29.1 Å². The highest BCUT2D eigenvalue weighted by Gasteiger charge is 2.21. The molecule has 2 aromatic heterocycles. The van der Waals surface area contributed by atoms with E-state index in [-0.39, 0.29) is 6.04 Å². The number of hydrogen-bond acceptors (Lipinski definition) is 6. The fraction of sp³-hybridized carbons (Fsp3) is 0.385. The summed E-state index contributed by atoms with van der Waals surface area (Å²) >= 11 is 1.69. The first kappa shape index (κ1) is 12.4. The Balaban J connectivity index is 1.83. The van der Waals surface area contributed by atoms with Crippen molar-refractivity contribution in [1.82, 2.24) is 9.97 Å². The van der Waals surface area contributed by atoms with Gasteiger partial charge in [0, 0.05) is 31.6 Å². The monoisotopic (exact) mass is 275 g/mol. The van der Waals surface area contributed by atoms with Gasteiger partial charge in [-0.25, -0.2) is 4.98 Å². The highest BCUT2D eigenvalue weighted by molar-refractivity contribution is 7.07. The lowest BCUT2D eigenvalue weighted by atomic mass is 10.2. The first-order chi connectivity index (χ1) is 9.20. The summed E-state index contributed by atoms with van der Waals surface area (Å²) in [7, 11) is 0. The molecule has 0 bridgehead atoms. The van der Waals surface area contributed by atoms with Crippen molar-refractivity contribution in [3.8, 4) is 0 Å². The first-order valence-electron chi connectivity index (χ1n) is 6.36. The summed E-state index contributed by atoms with van der Waals surface area (Å²) in [4.78, 5) is 10.8. The average Bonchev–Trinajstić information content (AvgIpc) is 3.00. The van der Waals surface area contributed by atoms with E-state index in [1.54, 1.807) is 11.3 Å². The molecule has 0 radical (unpaired) electrons. The second kappa shape index (κ2) is 5.14. The summed E-state index contributed by atoms with van der Waals surface area (Å²) in [5, 5.41) is 4.20. The second-order valence-corrected chi connectivity index (χ2v) is 5.66. The van der Waals surface area contributed by atoms with Crippen LogP contribution in [0.15, 0.2) is 22.9 Å². The van der Waals surface area contributed by atoms with Gasteiger partial charge in [0.2, 0.25) is 5.95 Å². The molecule has 1 unspecified atom stereocenters. The van der Waals surface area contributed by atoms with Gasteiger partial charge in [0.15, 0.2) is 0 Å². The summed E-state index contributed by atoms with van der Waals surface area (Å²) in [5.74, 6) is 1.23. The maximum Gasteiger partial charge on any atom is 0.222 e. The van der Waals surface area contributed by atoms with E-state index in [0.29, 0.717) is 5.95 Å². The van der Waals surface area contributed by atoms with E-state index in [1.807, 2.05) is 6.07 Å². The van der Waals surface area contributed by atoms with E-state index in [4.69, 9.17) is 11.5 Å². The lowest BCUT2D eigenvalue weighted by molar-refractivity contribution is 0.751. The molecule has 0 spiro atoms. The largest absolute Gasteiger partial charge is 0.368 e. The molecular formula is C13H17N5S. The SMILES string of the molecule is Nc1nc(Cc2ccsc2)cc(N2CCC(N)C2)n1. The number of nitrogen functional groups attached to an aromatic ring is 1. The molecule has 4 N–H and O–H groups in total. The topological polar surface area (TPSA) is 81.1 Å². The lowest BCUT2D eigenvalue weighted by Crippen LogP contribution is -2.27. The average molecular weight is 275 g/mol. The quantitative estimate of drug-likeness (QED) is 0.881. The Bertz CT molecular complexity index is 554. The standard InChI is InChI=1S/C13H17N5S/c14-10-1-3-18(7-10)12-6-11(16-13(15)17-12)5-9-2-4-19-8-9/h2,4,6,8,10H,1,3,5,7,14H2,(H2,15,16,17). The van der Waals surface area contributed by atoms with Crippen molar-refractivity contribution < 1.29 is 0 Å². The molecule has 19 heavy (non-hydrogen) atoms. The van der Waals surface area contributed by atoms with Gasteiger partial charge in [0.1, 0.15) is 5.82 Å². The number of nitrogens with two attached hydrogens (primary N) is 2. The summed E-state index contributed by atoms with van der Waals surface area (Å²) in [6.45, 7) is 1.78. The number of hydrogen-bond donors (Lipinski definition) is 2. The van der Waals surface area contributed by atoms with Gasteiger partial charge in [0.05, 0.1) is 5.69 Å². The normalized spacial score (nSPS) is 19.0. The molecule has 1 aliphatic rings. The minimum Gasteiger partial charge on any atom is -0.368 e. The van der Waals surface area contributed by atoms with Gasteiger partial charge < -0.3 is 16.4 Å². The molecule has 3 heterocycles. The highest BCUT2D eigenvalue weighted by atomic mass is 32.1. The zero-order valence-electron chi connectivity index (χ0n) is 10.6. The molecule has 2 aromatic rings. The molecule has 100 valence electrons. The minimum absolute atomic E-state index is 0.233. The van der Waals surface area contributed by atoms with Crippen LogP contribution in [0.2, 0.25) is 0 Å². The summed E-state index contributed by atoms with van der Waals surface area (Å²) in [6.07, 6.45) is 1.80. The van der Waals surface area contributed by atoms with Crippen LogP contribution in [0.3, 0.4) is 0 Å². The van der Waals surface area contributed by atoms with Gasteiger partial charge in [-0.3, -0.25) is 0 Å². The van der Waals surface area contributed by atoms with Gasteiger partial charge in [-0.05, 0) is 28.8 Å². The summed E-state index contributed by atoms with van der Waals surface area (Å²) < 4.78 is 0. The summed E-state index contributed by atoms with van der Waals surface area (Å²) in [6, 6.07) is 4.36. The third-order valence-electron chi connectivity index (χ3n) is 3.30. The first-order valence-corrected chi connectivity index (χ1v) is 7.30. The minimum atomic E-state index is 0.233. The van der Waals surface area contributed by atoms with Gasteiger partial charge in [-0.1, -0.05) is 0 Å². The van der Waals surface area contributed by atoms with Crippen molar-refractivity contribution in [2.45, 2.75) is 18.9 Å². The van der Waals surface area contributed by atoms with Crippen LogP contribution in [0.5, 0.6) is 0 Å². The fourth-order valence-electron chi connectivity index (χ4n) is 2.35. The Kier molecular flexibility index (Phi) is 3.35. The van der Waals surface area contributed by atoms with Crippen molar-refractivity contribution >= 4 is 23.1 Å². The van der Waals surface area contributed by atoms with Crippen LogP contribution < -0.4 is 16.4 Å². The van der Waals surface area contributed by atoms with Crippen molar-refractivity contribution in [1.29, 1.82) is 0 Å². The predicted octanol–water partition coefficient (Wildman–Crippen LogP) is 1.25. The van der Waals surface area contributed by atoms with Gasteiger partial charge >= 0.3 is 0 Å². The number of anilines is 2. The Morgan fingerprint density at radius 1 is 1.42 bits per heavy atom. The number of nitrogens with zero attached hydrogens (tertiary/aromatic N) is 3. The third kappa shape index (κ3) is 2.85.